The smallest absolute Gasteiger partial charge is 0.225 e. The molecule has 1 atom stereocenters. The summed E-state index contributed by atoms with van der Waals surface area (Å²) in [5, 5.41) is 12.3. The number of nitrogens with zero attached hydrogens (tertiary/aromatic N) is 4. The largest absolute Gasteiger partial charge is 0.354 e. The molecule has 6 heteroatoms. The van der Waals surface area contributed by atoms with Crippen LogP contribution in [0, 0.1) is 17.2 Å². The molecule has 2 aromatic carbocycles. The van der Waals surface area contributed by atoms with Gasteiger partial charge in [-0.2, -0.15) is 5.26 Å². The van der Waals surface area contributed by atoms with Crippen molar-refractivity contribution >= 4 is 22.8 Å². The zero-order chi connectivity index (χ0) is 20.4. The van der Waals surface area contributed by atoms with Crippen LogP contribution in [0.15, 0.2) is 48.5 Å². The highest BCUT2D eigenvalue weighted by atomic mass is 16.2. The van der Waals surface area contributed by atoms with Gasteiger partial charge in [-0.1, -0.05) is 24.3 Å². The van der Waals surface area contributed by atoms with E-state index in [1.165, 1.54) is 0 Å². The highest BCUT2D eigenvalue weighted by molar-refractivity contribution is 5.85. The molecule has 1 aliphatic rings. The first-order valence-electron chi connectivity index (χ1n) is 9.88. The fourth-order valence-corrected chi connectivity index (χ4v) is 3.71. The van der Waals surface area contributed by atoms with E-state index in [9.17, 15) is 10.1 Å². The van der Waals surface area contributed by atoms with Crippen LogP contribution in [0.3, 0.4) is 0 Å². The minimum atomic E-state index is -0.0658. The summed E-state index contributed by atoms with van der Waals surface area (Å²) < 4.78 is 0. The van der Waals surface area contributed by atoms with Crippen molar-refractivity contribution in [2.75, 3.05) is 18.0 Å². The van der Waals surface area contributed by atoms with E-state index < -0.39 is 0 Å². The van der Waals surface area contributed by atoms with Crippen LogP contribution < -0.4 is 10.2 Å². The maximum absolute atomic E-state index is 12.5. The van der Waals surface area contributed by atoms with Gasteiger partial charge in [0.25, 0.3) is 0 Å². The Kier molecular flexibility index (Phi) is 5.13. The lowest BCUT2D eigenvalue weighted by molar-refractivity contribution is -0.124. The van der Waals surface area contributed by atoms with Gasteiger partial charge in [-0.15, -0.1) is 0 Å². The second-order valence-corrected chi connectivity index (χ2v) is 7.67. The molecule has 4 rings (SSSR count). The SMILES string of the molecule is CC(C)NC(=O)C1CCN(c2nc3ccccc3nc2-c2cccc(C#N)c2)C1. The lowest BCUT2D eigenvalue weighted by atomic mass is 10.1. The van der Waals surface area contributed by atoms with Gasteiger partial charge in [0.1, 0.15) is 5.69 Å². The molecule has 0 bridgehead atoms. The number of nitriles is 1. The van der Waals surface area contributed by atoms with Crippen molar-refractivity contribution in [2.24, 2.45) is 5.92 Å². The van der Waals surface area contributed by atoms with Crippen LogP contribution in [0.1, 0.15) is 25.8 Å². The average Bonchev–Trinajstić information content (AvgIpc) is 3.23. The molecule has 1 aromatic heterocycles. The van der Waals surface area contributed by atoms with Crippen molar-refractivity contribution in [2.45, 2.75) is 26.3 Å². The van der Waals surface area contributed by atoms with Gasteiger partial charge in [0.05, 0.1) is 28.6 Å². The molecule has 1 N–H and O–H groups in total. The molecule has 146 valence electrons. The molecule has 0 saturated carbocycles. The fourth-order valence-electron chi connectivity index (χ4n) is 3.71. The average molecular weight is 385 g/mol. The summed E-state index contributed by atoms with van der Waals surface area (Å²) in [5.41, 5.74) is 3.80. The van der Waals surface area contributed by atoms with Crippen LogP contribution in [0.5, 0.6) is 0 Å². The number of carbonyl (C=O) groups excluding carboxylic acids is 1. The number of hydrogen-bond acceptors (Lipinski definition) is 5. The molecule has 6 nitrogen and oxygen atoms in total. The molecule has 29 heavy (non-hydrogen) atoms. The Bertz CT molecular complexity index is 1100. The second-order valence-electron chi connectivity index (χ2n) is 7.67. The number of aromatic nitrogens is 2. The third-order valence-corrected chi connectivity index (χ3v) is 5.11. The Morgan fingerprint density at radius 3 is 2.66 bits per heavy atom. The summed E-state index contributed by atoms with van der Waals surface area (Å²) in [6.45, 7) is 5.30. The lowest BCUT2D eigenvalue weighted by Crippen LogP contribution is -2.37. The van der Waals surface area contributed by atoms with Gasteiger partial charge in [-0.25, -0.2) is 9.97 Å². The number of amides is 1. The van der Waals surface area contributed by atoms with Crippen molar-refractivity contribution in [1.29, 1.82) is 5.26 Å². The van der Waals surface area contributed by atoms with Crippen molar-refractivity contribution in [3.05, 3.63) is 54.1 Å². The first-order valence-corrected chi connectivity index (χ1v) is 9.88. The number of nitrogens with one attached hydrogen (secondary N) is 1. The molecular weight excluding hydrogens is 362 g/mol. The molecule has 0 spiro atoms. The number of hydrogen-bond donors (Lipinski definition) is 1. The van der Waals surface area contributed by atoms with E-state index in [0.29, 0.717) is 12.1 Å². The Labute approximate surface area is 170 Å². The van der Waals surface area contributed by atoms with E-state index in [1.54, 1.807) is 6.07 Å². The molecular formula is C23H23N5O. The Hall–Kier alpha value is -3.46. The molecule has 0 aliphatic carbocycles. The van der Waals surface area contributed by atoms with Gasteiger partial charge in [0.15, 0.2) is 5.82 Å². The Balaban J connectivity index is 1.75. The minimum Gasteiger partial charge on any atom is -0.354 e. The van der Waals surface area contributed by atoms with Gasteiger partial charge in [-0.3, -0.25) is 4.79 Å². The quantitative estimate of drug-likeness (QED) is 0.743. The van der Waals surface area contributed by atoms with E-state index in [2.05, 4.69) is 16.3 Å². The van der Waals surface area contributed by atoms with Crippen LogP contribution >= 0.6 is 0 Å². The number of carbonyl (C=O) groups is 1. The number of anilines is 1. The highest BCUT2D eigenvalue weighted by Crippen LogP contribution is 2.33. The molecule has 3 aromatic rings. The van der Waals surface area contributed by atoms with E-state index in [0.717, 1.165) is 41.1 Å². The van der Waals surface area contributed by atoms with E-state index in [1.807, 2.05) is 56.3 Å². The van der Waals surface area contributed by atoms with Gasteiger partial charge >= 0.3 is 0 Å². The predicted octanol–water partition coefficient (Wildman–Crippen LogP) is 3.52. The van der Waals surface area contributed by atoms with E-state index in [-0.39, 0.29) is 17.9 Å². The van der Waals surface area contributed by atoms with Crippen molar-refractivity contribution in [3.8, 4) is 17.3 Å². The molecule has 1 unspecified atom stereocenters. The maximum atomic E-state index is 12.5. The summed E-state index contributed by atoms with van der Waals surface area (Å²) in [5.74, 6) is 0.784. The van der Waals surface area contributed by atoms with Crippen molar-refractivity contribution in [1.82, 2.24) is 15.3 Å². The zero-order valence-electron chi connectivity index (χ0n) is 16.6. The van der Waals surface area contributed by atoms with Gasteiger partial charge in [0.2, 0.25) is 5.91 Å². The molecule has 2 heterocycles. The van der Waals surface area contributed by atoms with Gasteiger partial charge < -0.3 is 10.2 Å². The number of benzene rings is 2. The van der Waals surface area contributed by atoms with Crippen LogP contribution in [0.4, 0.5) is 5.82 Å². The highest BCUT2D eigenvalue weighted by Gasteiger charge is 2.31. The molecule has 1 saturated heterocycles. The fraction of sp³-hybridized carbons (Fsp3) is 0.304. The monoisotopic (exact) mass is 385 g/mol. The minimum absolute atomic E-state index is 0.0658. The summed E-state index contributed by atoms with van der Waals surface area (Å²) in [7, 11) is 0. The summed E-state index contributed by atoms with van der Waals surface area (Å²) in [4.78, 5) is 24.4. The number of para-hydroxylation sites is 2. The Morgan fingerprint density at radius 2 is 1.93 bits per heavy atom. The van der Waals surface area contributed by atoms with Crippen LogP contribution in [-0.2, 0) is 4.79 Å². The third-order valence-electron chi connectivity index (χ3n) is 5.11. The van der Waals surface area contributed by atoms with E-state index in [4.69, 9.17) is 9.97 Å². The van der Waals surface area contributed by atoms with E-state index >= 15 is 0 Å². The molecule has 0 radical (unpaired) electrons. The summed E-state index contributed by atoms with van der Waals surface area (Å²) in [6.07, 6.45) is 0.782. The van der Waals surface area contributed by atoms with Crippen molar-refractivity contribution < 1.29 is 4.79 Å². The third kappa shape index (κ3) is 3.90. The molecule has 1 amide bonds. The van der Waals surface area contributed by atoms with Gasteiger partial charge in [-0.05, 0) is 44.5 Å². The second kappa shape index (κ2) is 7.88. The van der Waals surface area contributed by atoms with Crippen molar-refractivity contribution in [3.63, 3.8) is 0 Å². The first kappa shape index (κ1) is 18.9. The topological polar surface area (TPSA) is 81.9 Å². The van der Waals surface area contributed by atoms with Gasteiger partial charge in [0, 0.05) is 24.7 Å². The summed E-state index contributed by atoms with van der Waals surface area (Å²) in [6, 6.07) is 17.5. The van der Waals surface area contributed by atoms with Crippen LogP contribution in [-0.4, -0.2) is 35.0 Å². The zero-order valence-corrected chi connectivity index (χ0v) is 16.6. The number of rotatable bonds is 4. The predicted molar refractivity (Wildman–Crippen MR) is 113 cm³/mol. The standard InChI is InChI=1S/C23H23N5O/c1-15(2)25-23(29)18-10-11-28(14-18)22-21(17-7-5-6-16(12-17)13-24)26-19-8-3-4-9-20(19)27-22/h3-9,12,15,18H,10-11,14H2,1-2H3,(H,25,29). The molecule has 1 fully saturated rings. The normalized spacial score (nSPS) is 16.2. The lowest BCUT2D eigenvalue weighted by Gasteiger charge is -2.21. The Morgan fingerprint density at radius 1 is 1.17 bits per heavy atom. The molecule has 1 aliphatic heterocycles. The summed E-state index contributed by atoms with van der Waals surface area (Å²) >= 11 is 0. The maximum Gasteiger partial charge on any atom is 0.225 e. The first-order chi connectivity index (χ1) is 14.0. The van der Waals surface area contributed by atoms with Crippen LogP contribution in [0.2, 0.25) is 0 Å². The number of fused-ring (bicyclic) bond motifs is 1. The van der Waals surface area contributed by atoms with Crippen LogP contribution in [0.25, 0.3) is 22.3 Å².